The van der Waals surface area contributed by atoms with Crippen molar-refractivity contribution in [3.05, 3.63) is 0 Å². The lowest BCUT2D eigenvalue weighted by Gasteiger charge is -2.32. The Kier molecular flexibility index (Phi) is 3.34. The second kappa shape index (κ2) is 4.07. The average molecular weight is 158 g/mol. The molecule has 1 rings (SSSR count). The highest BCUT2D eigenvalue weighted by atomic mass is 16.5. The van der Waals surface area contributed by atoms with Crippen LogP contribution < -0.4 is 0 Å². The lowest BCUT2D eigenvalue weighted by molar-refractivity contribution is -0.934. The fraction of sp³-hybridized carbons (Fsp3) is 1.00. The second-order valence-electron chi connectivity index (χ2n) is 3.64. The van der Waals surface area contributed by atoms with Crippen molar-refractivity contribution in [2.24, 2.45) is 0 Å². The Morgan fingerprint density at radius 3 is 2.36 bits per heavy atom. The van der Waals surface area contributed by atoms with E-state index in [1.54, 1.807) is 0 Å². The third kappa shape index (κ3) is 2.17. The van der Waals surface area contributed by atoms with Gasteiger partial charge in [-0.25, -0.2) is 0 Å². The second-order valence-corrected chi connectivity index (χ2v) is 3.64. The summed E-state index contributed by atoms with van der Waals surface area (Å²) in [5.41, 5.74) is 0. The van der Waals surface area contributed by atoms with E-state index in [1.165, 1.54) is 43.4 Å². The number of rotatable bonds is 4. The number of likely N-dealkylation sites (tertiary alicyclic amines) is 1. The van der Waals surface area contributed by atoms with Gasteiger partial charge in [-0.3, -0.25) is 0 Å². The average Bonchev–Trinajstić information content (AvgIpc) is 2.39. The lowest BCUT2D eigenvalue weighted by atomic mass is 10.4. The van der Waals surface area contributed by atoms with E-state index < -0.39 is 0 Å². The van der Waals surface area contributed by atoms with Gasteiger partial charge in [0.25, 0.3) is 0 Å². The highest BCUT2D eigenvalue weighted by Gasteiger charge is 2.30. The summed E-state index contributed by atoms with van der Waals surface area (Å²) in [5, 5.41) is 0. The number of hydrogen-bond acceptors (Lipinski definition) is 1. The van der Waals surface area contributed by atoms with Crippen molar-refractivity contribution in [3.8, 4) is 0 Å². The quantitative estimate of drug-likeness (QED) is 0.565. The smallest absolute Gasteiger partial charge is 0.182 e. The van der Waals surface area contributed by atoms with Crippen LogP contribution in [-0.2, 0) is 4.74 Å². The van der Waals surface area contributed by atoms with Crippen LogP contribution in [0.15, 0.2) is 0 Å². The van der Waals surface area contributed by atoms with Crippen molar-refractivity contribution in [3.63, 3.8) is 0 Å². The van der Waals surface area contributed by atoms with Crippen molar-refractivity contribution in [2.45, 2.75) is 26.2 Å². The summed E-state index contributed by atoms with van der Waals surface area (Å²) in [6.07, 6.45) is 4.07. The minimum atomic E-state index is 0.924. The number of ether oxygens (including phenoxy) is 1. The molecule has 0 bridgehead atoms. The molecule has 2 heteroatoms. The monoisotopic (exact) mass is 158 g/mol. The highest BCUT2D eigenvalue weighted by molar-refractivity contribution is 4.51. The van der Waals surface area contributed by atoms with Crippen molar-refractivity contribution in [1.82, 2.24) is 0 Å². The summed E-state index contributed by atoms with van der Waals surface area (Å²) >= 11 is 0. The summed E-state index contributed by atoms with van der Waals surface area (Å²) in [6, 6.07) is 0. The van der Waals surface area contributed by atoms with Crippen LogP contribution >= 0.6 is 0 Å². The molecule has 1 saturated heterocycles. The van der Waals surface area contributed by atoms with E-state index in [2.05, 4.69) is 6.92 Å². The van der Waals surface area contributed by atoms with Gasteiger partial charge in [-0.05, 0) is 6.42 Å². The Balaban J connectivity index is 2.40. The number of nitrogens with zero attached hydrogens (tertiary/aromatic N) is 1. The van der Waals surface area contributed by atoms with E-state index in [0.717, 1.165) is 6.73 Å². The van der Waals surface area contributed by atoms with E-state index in [9.17, 15) is 0 Å². The SMILES string of the molecule is CCC[N+]1(COC)CCCC1. The molecular formula is C9H20NO+. The number of methoxy groups -OCH3 is 1. The third-order valence-electron chi connectivity index (χ3n) is 2.62. The van der Waals surface area contributed by atoms with Crippen LogP contribution in [0.2, 0.25) is 0 Å². The number of hydrogen-bond donors (Lipinski definition) is 0. The van der Waals surface area contributed by atoms with Gasteiger partial charge in [-0.1, -0.05) is 6.92 Å². The summed E-state index contributed by atoms with van der Waals surface area (Å²) in [4.78, 5) is 0. The van der Waals surface area contributed by atoms with Crippen molar-refractivity contribution in [1.29, 1.82) is 0 Å². The molecule has 0 amide bonds. The molecule has 1 aliphatic heterocycles. The minimum absolute atomic E-state index is 0.924. The van der Waals surface area contributed by atoms with Crippen LogP contribution in [0.3, 0.4) is 0 Å². The summed E-state index contributed by atoms with van der Waals surface area (Å²) in [5.74, 6) is 0. The maximum atomic E-state index is 5.25. The Labute approximate surface area is 69.7 Å². The van der Waals surface area contributed by atoms with E-state index in [-0.39, 0.29) is 0 Å². The van der Waals surface area contributed by atoms with E-state index in [4.69, 9.17) is 4.74 Å². The van der Waals surface area contributed by atoms with E-state index in [0.29, 0.717) is 0 Å². The van der Waals surface area contributed by atoms with Gasteiger partial charge in [0, 0.05) is 20.0 Å². The van der Waals surface area contributed by atoms with Gasteiger partial charge in [0.1, 0.15) is 0 Å². The first-order chi connectivity index (χ1) is 5.33. The first kappa shape index (κ1) is 9.01. The largest absolute Gasteiger partial charge is 0.335 e. The zero-order valence-electron chi connectivity index (χ0n) is 7.81. The summed E-state index contributed by atoms with van der Waals surface area (Å²) in [7, 11) is 1.81. The van der Waals surface area contributed by atoms with Gasteiger partial charge >= 0.3 is 0 Å². The summed E-state index contributed by atoms with van der Waals surface area (Å²) < 4.78 is 6.47. The fourth-order valence-electron chi connectivity index (χ4n) is 2.17. The highest BCUT2D eigenvalue weighted by Crippen LogP contribution is 2.19. The van der Waals surface area contributed by atoms with Gasteiger partial charge in [0.05, 0.1) is 19.6 Å². The first-order valence-corrected chi connectivity index (χ1v) is 4.67. The van der Waals surface area contributed by atoms with Gasteiger partial charge in [0.2, 0.25) is 0 Å². The molecule has 0 aromatic heterocycles. The van der Waals surface area contributed by atoms with Crippen LogP contribution in [0.4, 0.5) is 0 Å². The molecule has 1 heterocycles. The molecule has 1 aliphatic rings. The zero-order valence-corrected chi connectivity index (χ0v) is 7.81. The van der Waals surface area contributed by atoms with E-state index in [1.807, 2.05) is 7.11 Å². The molecule has 0 atom stereocenters. The van der Waals surface area contributed by atoms with Crippen LogP contribution in [-0.4, -0.2) is 38.0 Å². The van der Waals surface area contributed by atoms with Gasteiger partial charge in [-0.2, -0.15) is 0 Å². The standard InChI is InChI=1S/C9H20NO/c1-3-6-10(9-11-2)7-4-5-8-10/h3-9H2,1-2H3/q+1. The molecule has 1 fully saturated rings. The molecule has 0 aromatic rings. The van der Waals surface area contributed by atoms with Crippen molar-refractivity contribution < 1.29 is 9.22 Å². The van der Waals surface area contributed by atoms with Gasteiger partial charge in [0.15, 0.2) is 6.73 Å². The maximum Gasteiger partial charge on any atom is 0.182 e. The third-order valence-corrected chi connectivity index (χ3v) is 2.62. The summed E-state index contributed by atoms with van der Waals surface area (Å²) in [6.45, 7) is 7.15. The molecule has 11 heavy (non-hydrogen) atoms. The normalized spacial score (nSPS) is 22.4. The molecule has 2 nitrogen and oxygen atoms in total. The van der Waals surface area contributed by atoms with E-state index >= 15 is 0 Å². The molecule has 0 spiro atoms. The first-order valence-electron chi connectivity index (χ1n) is 4.67. The maximum absolute atomic E-state index is 5.25. The Hall–Kier alpha value is -0.0800. The van der Waals surface area contributed by atoms with Crippen LogP contribution in [0.5, 0.6) is 0 Å². The molecule has 0 saturated carbocycles. The molecule has 0 N–H and O–H groups in total. The topological polar surface area (TPSA) is 9.23 Å². The van der Waals surface area contributed by atoms with Crippen molar-refractivity contribution in [2.75, 3.05) is 33.5 Å². The lowest BCUT2D eigenvalue weighted by Crippen LogP contribution is -2.47. The predicted octanol–water partition coefficient (Wildman–Crippen LogP) is 1.61. The molecule has 66 valence electrons. The number of quaternary nitrogens is 1. The fourth-order valence-corrected chi connectivity index (χ4v) is 2.17. The Morgan fingerprint density at radius 2 is 1.91 bits per heavy atom. The van der Waals surface area contributed by atoms with Crippen LogP contribution in [0, 0.1) is 0 Å². The molecule has 0 unspecified atom stereocenters. The Morgan fingerprint density at radius 1 is 1.27 bits per heavy atom. The van der Waals surface area contributed by atoms with Crippen LogP contribution in [0.1, 0.15) is 26.2 Å². The molecule has 0 aliphatic carbocycles. The van der Waals surface area contributed by atoms with Gasteiger partial charge < -0.3 is 9.22 Å². The predicted molar refractivity (Wildman–Crippen MR) is 46.3 cm³/mol. The molecule has 0 aromatic carbocycles. The van der Waals surface area contributed by atoms with Gasteiger partial charge in [-0.15, -0.1) is 0 Å². The minimum Gasteiger partial charge on any atom is -0.335 e. The zero-order chi connectivity index (χ0) is 8.16. The molecule has 0 radical (unpaired) electrons. The Bertz CT molecular complexity index is 100. The van der Waals surface area contributed by atoms with Crippen LogP contribution in [0.25, 0.3) is 0 Å². The van der Waals surface area contributed by atoms with Crippen molar-refractivity contribution >= 4 is 0 Å². The molecular weight excluding hydrogens is 138 g/mol.